The third kappa shape index (κ3) is 12.7. The van der Waals surface area contributed by atoms with Gasteiger partial charge < -0.3 is 9.64 Å². The van der Waals surface area contributed by atoms with Crippen molar-refractivity contribution in [2.75, 3.05) is 18.1 Å². The van der Waals surface area contributed by atoms with E-state index in [0.29, 0.717) is 13.2 Å². The summed E-state index contributed by atoms with van der Waals surface area (Å²) in [6, 6.07) is 9.57. The quantitative estimate of drug-likeness (QED) is 0.190. The Balaban J connectivity index is 1.98. The molecule has 4 nitrogen and oxygen atoms in total. The van der Waals surface area contributed by atoms with Crippen molar-refractivity contribution in [1.82, 2.24) is 0 Å². The molecule has 30 heavy (non-hydrogen) atoms. The van der Waals surface area contributed by atoms with Crippen LogP contribution in [0.2, 0.25) is 0 Å². The van der Waals surface area contributed by atoms with Crippen molar-refractivity contribution < 1.29 is 14.3 Å². The maximum atomic E-state index is 12.4. The number of esters is 1. The second-order valence-electron chi connectivity index (χ2n) is 8.08. The van der Waals surface area contributed by atoms with Crippen LogP contribution in [0.4, 0.5) is 5.69 Å². The lowest BCUT2D eigenvalue weighted by atomic mass is 10.1. The van der Waals surface area contributed by atoms with Gasteiger partial charge in [0.1, 0.15) is 0 Å². The topological polar surface area (TPSA) is 46.6 Å². The molecule has 0 radical (unpaired) electrons. The molecule has 0 unspecified atom stereocenters. The van der Waals surface area contributed by atoms with Crippen LogP contribution < -0.4 is 4.90 Å². The van der Waals surface area contributed by atoms with Gasteiger partial charge in [0.2, 0.25) is 5.91 Å². The normalized spacial score (nSPS) is 10.7. The van der Waals surface area contributed by atoms with E-state index in [1.54, 1.807) is 4.90 Å². The molecule has 0 aliphatic heterocycles. The maximum absolute atomic E-state index is 12.4. The Morgan fingerprint density at radius 1 is 0.733 bits per heavy atom. The highest BCUT2D eigenvalue weighted by Crippen LogP contribution is 2.15. The van der Waals surface area contributed by atoms with Crippen LogP contribution in [0, 0.1) is 0 Å². The van der Waals surface area contributed by atoms with Gasteiger partial charge in [0, 0.05) is 18.7 Å². The Morgan fingerprint density at radius 3 is 1.80 bits per heavy atom. The molecule has 4 heteroatoms. The van der Waals surface area contributed by atoms with Crippen LogP contribution in [0.25, 0.3) is 0 Å². The molecule has 0 aliphatic carbocycles. The number of carbonyl (C=O) groups is 2. The van der Waals surface area contributed by atoms with Gasteiger partial charge in [0.05, 0.1) is 13.0 Å². The van der Waals surface area contributed by atoms with Crippen LogP contribution in [0.5, 0.6) is 0 Å². The first-order valence-corrected chi connectivity index (χ1v) is 12.2. The summed E-state index contributed by atoms with van der Waals surface area (Å²) in [7, 11) is 0. The monoisotopic (exact) mass is 417 g/mol. The SMILES string of the molecule is CCCCCCCCCCCCCCOC(=O)CCC(=O)N(CC)c1ccccc1. The molecule has 1 aromatic rings. The smallest absolute Gasteiger partial charge is 0.306 e. The molecule has 0 saturated heterocycles. The molecule has 0 spiro atoms. The Bertz CT molecular complexity index is 559. The minimum Gasteiger partial charge on any atom is -0.466 e. The van der Waals surface area contributed by atoms with Gasteiger partial charge in [-0.3, -0.25) is 9.59 Å². The molecule has 0 aliphatic rings. The first-order chi connectivity index (χ1) is 14.7. The van der Waals surface area contributed by atoms with Crippen molar-refractivity contribution in [3.63, 3.8) is 0 Å². The minimum absolute atomic E-state index is 0.0361. The zero-order chi connectivity index (χ0) is 21.9. The highest BCUT2D eigenvalue weighted by molar-refractivity contribution is 5.94. The molecular formula is C26H43NO3. The van der Waals surface area contributed by atoms with Crippen LogP contribution in [-0.2, 0) is 14.3 Å². The van der Waals surface area contributed by atoms with Gasteiger partial charge in [-0.2, -0.15) is 0 Å². The van der Waals surface area contributed by atoms with Gasteiger partial charge in [0.25, 0.3) is 0 Å². The fourth-order valence-corrected chi connectivity index (χ4v) is 3.66. The van der Waals surface area contributed by atoms with Crippen LogP contribution >= 0.6 is 0 Å². The molecule has 0 fully saturated rings. The molecular weight excluding hydrogens is 374 g/mol. The van der Waals surface area contributed by atoms with Crippen molar-refractivity contribution in [1.29, 1.82) is 0 Å². The predicted octanol–water partition coefficient (Wildman–Crippen LogP) is 7.06. The first kappa shape index (κ1) is 26.2. The van der Waals surface area contributed by atoms with Gasteiger partial charge in [-0.1, -0.05) is 95.8 Å². The largest absolute Gasteiger partial charge is 0.466 e. The van der Waals surface area contributed by atoms with Crippen LogP contribution in [-0.4, -0.2) is 25.0 Å². The van der Waals surface area contributed by atoms with Crippen LogP contribution in [0.15, 0.2) is 30.3 Å². The molecule has 0 heterocycles. The summed E-state index contributed by atoms with van der Waals surface area (Å²) in [4.78, 5) is 26.0. The van der Waals surface area contributed by atoms with Gasteiger partial charge >= 0.3 is 5.97 Å². The van der Waals surface area contributed by atoms with E-state index in [1.165, 1.54) is 64.2 Å². The summed E-state index contributed by atoms with van der Waals surface area (Å²) in [6.45, 7) is 5.27. The number of nitrogens with zero attached hydrogens (tertiary/aromatic N) is 1. The number of hydrogen-bond acceptors (Lipinski definition) is 3. The summed E-state index contributed by atoms with van der Waals surface area (Å²) in [5.74, 6) is -0.304. The van der Waals surface area contributed by atoms with E-state index in [-0.39, 0.29) is 24.7 Å². The number of benzene rings is 1. The van der Waals surface area contributed by atoms with E-state index >= 15 is 0 Å². The van der Waals surface area contributed by atoms with E-state index in [0.717, 1.165) is 18.5 Å². The average molecular weight is 418 g/mol. The first-order valence-electron chi connectivity index (χ1n) is 12.2. The van der Waals surface area contributed by atoms with Gasteiger partial charge in [-0.05, 0) is 25.5 Å². The number of hydrogen-bond donors (Lipinski definition) is 0. The van der Waals surface area contributed by atoms with E-state index in [1.807, 2.05) is 37.3 Å². The van der Waals surface area contributed by atoms with Gasteiger partial charge in [-0.15, -0.1) is 0 Å². The molecule has 0 aromatic heterocycles. The summed E-state index contributed by atoms with van der Waals surface area (Å²) in [5.41, 5.74) is 0.870. The zero-order valence-electron chi connectivity index (χ0n) is 19.4. The molecule has 0 atom stereocenters. The molecule has 170 valence electrons. The number of unbranched alkanes of at least 4 members (excludes halogenated alkanes) is 11. The summed E-state index contributed by atoms with van der Waals surface area (Å²) in [6.07, 6.45) is 15.8. The number of para-hydroxylation sites is 1. The van der Waals surface area contributed by atoms with Gasteiger partial charge in [0.15, 0.2) is 0 Å². The maximum Gasteiger partial charge on any atom is 0.306 e. The van der Waals surface area contributed by atoms with Crippen molar-refractivity contribution in [2.24, 2.45) is 0 Å². The zero-order valence-corrected chi connectivity index (χ0v) is 19.4. The highest BCUT2D eigenvalue weighted by atomic mass is 16.5. The van der Waals surface area contributed by atoms with E-state index in [9.17, 15) is 9.59 Å². The number of ether oxygens (including phenoxy) is 1. The lowest BCUT2D eigenvalue weighted by Crippen LogP contribution is -2.30. The fourth-order valence-electron chi connectivity index (χ4n) is 3.66. The van der Waals surface area contributed by atoms with Crippen LogP contribution in [0.3, 0.4) is 0 Å². The second kappa shape index (κ2) is 18.0. The molecule has 1 amide bonds. The molecule has 1 rings (SSSR count). The van der Waals surface area contributed by atoms with E-state index in [2.05, 4.69) is 6.92 Å². The van der Waals surface area contributed by atoms with Crippen molar-refractivity contribution in [3.05, 3.63) is 30.3 Å². The fraction of sp³-hybridized carbons (Fsp3) is 0.692. The summed E-state index contributed by atoms with van der Waals surface area (Å²) in [5, 5.41) is 0. The molecule has 1 aromatic carbocycles. The van der Waals surface area contributed by atoms with Gasteiger partial charge in [-0.25, -0.2) is 0 Å². The van der Waals surface area contributed by atoms with E-state index < -0.39 is 0 Å². The lowest BCUT2D eigenvalue weighted by Gasteiger charge is -2.20. The second-order valence-corrected chi connectivity index (χ2v) is 8.08. The number of amides is 1. The highest BCUT2D eigenvalue weighted by Gasteiger charge is 2.15. The Kier molecular flexibility index (Phi) is 15.7. The number of carbonyl (C=O) groups excluding carboxylic acids is 2. The Morgan fingerprint density at radius 2 is 1.27 bits per heavy atom. The van der Waals surface area contributed by atoms with E-state index in [4.69, 9.17) is 4.74 Å². The van der Waals surface area contributed by atoms with Crippen LogP contribution in [0.1, 0.15) is 104 Å². The summed E-state index contributed by atoms with van der Waals surface area (Å²) >= 11 is 0. The molecule has 0 N–H and O–H groups in total. The minimum atomic E-state index is -0.268. The predicted molar refractivity (Wildman–Crippen MR) is 126 cm³/mol. The molecule has 0 saturated carbocycles. The van der Waals surface area contributed by atoms with Crippen molar-refractivity contribution in [3.8, 4) is 0 Å². The number of anilines is 1. The molecule has 0 bridgehead atoms. The third-order valence-electron chi connectivity index (χ3n) is 5.49. The Labute approximate surface area is 184 Å². The number of rotatable bonds is 18. The van der Waals surface area contributed by atoms with Crippen molar-refractivity contribution in [2.45, 2.75) is 104 Å². The van der Waals surface area contributed by atoms with Crippen molar-refractivity contribution >= 4 is 17.6 Å². The standard InChI is InChI=1S/C26H43NO3/c1-3-5-6-7-8-9-10-11-12-13-14-18-23-30-26(29)22-21-25(28)27(4-2)24-19-16-15-17-20-24/h15-17,19-20H,3-14,18,21-23H2,1-2H3. The Hall–Kier alpha value is -1.84. The third-order valence-corrected chi connectivity index (χ3v) is 5.49. The summed E-state index contributed by atoms with van der Waals surface area (Å²) < 4.78 is 5.29. The lowest BCUT2D eigenvalue weighted by molar-refractivity contribution is -0.144. The average Bonchev–Trinajstić information content (AvgIpc) is 2.76.